The monoisotopic (exact) mass is 345 g/mol. The van der Waals surface area contributed by atoms with Gasteiger partial charge in [0.15, 0.2) is 0 Å². The van der Waals surface area contributed by atoms with Gasteiger partial charge in [0.25, 0.3) is 0 Å². The number of rotatable bonds is 4. The van der Waals surface area contributed by atoms with Gasteiger partial charge in [0.2, 0.25) is 5.95 Å². The van der Waals surface area contributed by atoms with E-state index in [1.165, 1.54) is 0 Å². The highest BCUT2D eigenvalue weighted by Crippen LogP contribution is 2.15. The van der Waals surface area contributed by atoms with Gasteiger partial charge in [-0.2, -0.15) is 0 Å². The molecule has 0 atom stereocenters. The molecule has 0 unspecified atom stereocenters. The minimum atomic E-state index is -0.0318. The number of urea groups is 1. The number of hydrogen-bond acceptors (Lipinski definition) is 4. The van der Waals surface area contributed by atoms with E-state index >= 15 is 0 Å². The second-order valence-corrected chi connectivity index (χ2v) is 6.00. The van der Waals surface area contributed by atoms with Crippen molar-refractivity contribution in [1.82, 2.24) is 20.2 Å². The van der Waals surface area contributed by atoms with E-state index in [-0.39, 0.29) is 6.03 Å². The molecule has 24 heavy (non-hydrogen) atoms. The Balaban J connectivity index is 1.43. The molecule has 0 bridgehead atoms. The smallest absolute Gasteiger partial charge is 0.317 e. The molecule has 0 spiro atoms. The van der Waals surface area contributed by atoms with Crippen LogP contribution in [0.2, 0.25) is 5.02 Å². The Labute approximate surface area is 146 Å². The largest absolute Gasteiger partial charge is 0.338 e. The molecule has 1 aliphatic heterocycles. The predicted molar refractivity (Wildman–Crippen MR) is 94.4 cm³/mol. The molecule has 0 saturated carbocycles. The molecular weight excluding hydrogens is 326 g/mol. The highest BCUT2D eigenvalue weighted by atomic mass is 35.5. The van der Waals surface area contributed by atoms with Crippen LogP contribution in [0, 0.1) is 0 Å². The van der Waals surface area contributed by atoms with Crippen molar-refractivity contribution in [1.29, 1.82) is 0 Å². The standard InChI is InChI=1S/C17H20ClN5O/c18-15-5-2-1-4-14(15)6-9-21-17(24)23-12-10-22(11-13-23)16-19-7-3-8-20-16/h1-5,7-8H,6,9-13H2,(H,21,24). The number of carbonyl (C=O) groups excluding carboxylic acids is 1. The topological polar surface area (TPSA) is 61.4 Å². The zero-order valence-corrected chi connectivity index (χ0v) is 14.1. The van der Waals surface area contributed by atoms with E-state index in [1.54, 1.807) is 18.5 Å². The average molecular weight is 346 g/mol. The van der Waals surface area contributed by atoms with Crippen molar-refractivity contribution in [3.8, 4) is 0 Å². The summed E-state index contributed by atoms with van der Waals surface area (Å²) in [6.07, 6.45) is 4.19. The number of benzene rings is 1. The molecule has 1 aromatic carbocycles. The van der Waals surface area contributed by atoms with E-state index in [2.05, 4.69) is 20.2 Å². The summed E-state index contributed by atoms with van der Waals surface area (Å²) < 4.78 is 0. The lowest BCUT2D eigenvalue weighted by atomic mass is 10.1. The highest BCUT2D eigenvalue weighted by Gasteiger charge is 2.22. The predicted octanol–water partition coefficient (Wildman–Crippen LogP) is 2.20. The van der Waals surface area contributed by atoms with Crippen LogP contribution in [-0.4, -0.2) is 53.6 Å². The normalized spacial score (nSPS) is 14.5. The van der Waals surface area contributed by atoms with Crippen molar-refractivity contribution in [2.75, 3.05) is 37.6 Å². The first kappa shape index (κ1) is 16.5. The fraction of sp³-hybridized carbons (Fsp3) is 0.353. The van der Waals surface area contributed by atoms with E-state index in [1.807, 2.05) is 29.2 Å². The van der Waals surface area contributed by atoms with Crippen LogP contribution in [0.1, 0.15) is 5.56 Å². The van der Waals surface area contributed by atoms with Crippen molar-refractivity contribution >= 4 is 23.6 Å². The number of amides is 2. The van der Waals surface area contributed by atoms with Crippen molar-refractivity contribution in [3.63, 3.8) is 0 Å². The van der Waals surface area contributed by atoms with Crippen LogP contribution < -0.4 is 10.2 Å². The van der Waals surface area contributed by atoms with Gasteiger partial charge in [0.1, 0.15) is 0 Å². The minimum absolute atomic E-state index is 0.0318. The molecule has 3 rings (SSSR count). The van der Waals surface area contributed by atoms with Crippen LogP contribution in [0.3, 0.4) is 0 Å². The van der Waals surface area contributed by atoms with Crippen molar-refractivity contribution in [3.05, 3.63) is 53.3 Å². The average Bonchev–Trinajstić information content (AvgIpc) is 2.64. The van der Waals surface area contributed by atoms with Crippen LogP contribution in [-0.2, 0) is 6.42 Å². The van der Waals surface area contributed by atoms with Gasteiger partial charge in [-0.05, 0) is 24.1 Å². The molecule has 2 heterocycles. The van der Waals surface area contributed by atoms with Gasteiger partial charge < -0.3 is 15.1 Å². The van der Waals surface area contributed by atoms with Gasteiger partial charge >= 0.3 is 6.03 Å². The summed E-state index contributed by atoms with van der Waals surface area (Å²) in [4.78, 5) is 24.7. The van der Waals surface area contributed by atoms with Gasteiger partial charge in [-0.15, -0.1) is 0 Å². The lowest BCUT2D eigenvalue weighted by molar-refractivity contribution is 0.194. The molecule has 7 heteroatoms. The van der Waals surface area contributed by atoms with Crippen LogP contribution in [0.25, 0.3) is 0 Å². The molecule has 6 nitrogen and oxygen atoms in total. The quantitative estimate of drug-likeness (QED) is 0.922. The summed E-state index contributed by atoms with van der Waals surface area (Å²) in [5, 5.41) is 3.70. The highest BCUT2D eigenvalue weighted by molar-refractivity contribution is 6.31. The summed E-state index contributed by atoms with van der Waals surface area (Å²) in [7, 11) is 0. The number of piperazine rings is 1. The summed E-state index contributed by atoms with van der Waals surface area (Å²) in [5.41, 5.74) is 1.05. The number of nitrogens with zero attached hydrogens (tertiary/aromatic N) is 4. The van der Waals surface area contributed by atoms with E-state index < -0.39 is 0 Å². The molecule has 126 valence electrons. The number of nitrogens with one attached hydrogen (secondary N) is 1. The SMILES string of the molecule is O=C(NCCc1ccccc1Cl)N1CCN(c2ncccn2)CC1. The molecule has 1 aliphatic rings. The molecule has 1 saturated heterocycles. The molecule has 2 amide bonds. The molecule has 2 aromatic rings. The summed E-state index contributed by atoms with van der Waals surface area (Å²) in [5.74, 6) is 0.719. The van der Waals surface area contributed by atoms with Gasteiger partial charge in [0, 0.05) is 50.1 Å². The van der Waals surface area contributed by atoms with E-state index in [0.29, 0.717) is 19.6 Å². The van der Waals surface area contributed by atoms with Crippen LogP contribution in [0.4, 0.5) is 10.7 Å². The first-order valence-electron chi connectivity index (χ1n) is 8.02. The Morgan fingerprint density at radius 3 is 2.50 bits per heavy atom. The summed E-state index contributed by atoms with van der Waals surface area (Å²) in [6, 6.07) is 9.47. The molecular formula is C17H20ClN5O. The number of hydrogen-bond donors (Lipinski definition) is 1. The number of aromatic nitrogens is 2. The summed E-state index contributed by atoms with van der Waals surface area (Å²) >= 11 is 6.12. The van der Waals surface area contributed by atoms with Gasteiger partial charge in [-0.3, -0.25) is 0 Å². The fourth-order valence-corrected chi connectivity index (χ4v) is 2.91. The van der Waals surface area contributed by atoms with E-state index in [0.717, 1.165) is 36.0 Å². The van der Waals surface area contributed by atoms with Crippen molar-refractivity contribution < 1.29 is 4.79 Å². The van der Waals surface area contributed by atoms with Gasteiger partial charge in [-0.1, -0.05) is 29.8 Å². The Hall–Kier alpha value is -2.34. The maximum absolute atomic E-state index is 12.2. The molecule has 0 radical (unpaired) electrons. The Morgan fingerprint density at radius 1 is 1.08 bits per heavy atom. The summed E-state index contributed by atoms with van der Waals surface area (Å²) in [6.45, 7) is 3.38. The van der Waals surface area contributed by atoms with Crippen molar-refractivity contribution in [2.24, 2.45) is 0 Å². The van der Waals surface area contributed by atoms with Crippen LogP contribution in [0.15, 0.2) is 42.7 Å². The zero-order valence-electron chi connectivity index (χ0n) is 13.4. The number of anilines is 1. The van der Waals surface area contributed by atoms with E-state index in [4.69, 9.17) is 11.6 Å². The molecule has 1 N–H and O–H groups in total. The fourth-order valence-electron chi connectivity index (χ4n) is 2.68. The lowest BCUT2D eigenvalue weighted by Crippen LogP contribution is -2.52. The lowest BCUT2D eigenvalue weighted by Gasteiger charge is -2.34. The zero-order chi connectivity index (χ0) is 16.8. The first-order chi connectivity index (χ1) is 11.7. The maximum atomic E-state index is 12.2. The maximum Gasteiger partial charge on any atom is 0.317 e. The molecule has 1 fully saturated rings. The van der Waals surface area contributed by atoms with Gasteiger partial charge in [0.05, 0.1) is 0 Å². The minimum Gasteiger partial charge on any atom is -0.338 e. The first-order valence-corrected chi connectivity index (χ1v) is 8.40. The number of halogens is 1. The molecule has 0 aliphatic carbocycles. The van der Waals surface area contributed by atoms with Gasteiger partial charge in [-0.25, -0.2) is 14.8 Å². The van der Waals surface area contributed by atoms with Crippen LogP contribution in [0.5, 0.6) is 0 Å². The Bertz CT molecular complexity index is 674. The third-order valence-corrected chi connectivity index (χ3v) is 4.40. The van der Waals surface area contributed by atoms with E-state index in [9.17, 15) is 4.79 Å². The van der Waals surface area contributed by atoms with Crippen LogP contribution >= 0.6 is 11.6 Å². The third-order valence-electron chi connectivity index (χ3n) is 4.03. The second-order valence-electron chi connectivity index (χ2n) is 5.60. The Kier molecular flexibility index (Phi) is 5.48. The third kappa shape index (κ3) is 4.14. The number of carbonyl (C=O) groups is 1. The van der Waals surface area contributed by atoms with Crippen molar-refractivity contribution in [2.45, 2.75) is 6.42 Å². The molecule has 1 aromatic heterocycles. The Morgan fingerprint density at radius 2 is 1.79 bits per heavy atom. The second kappa shape index (κ2) is 7.97.